The molecule has 0 unspecified atom stereocenters. The number of halogens is 1. The second kappa shape index (κ2) is 3.56. The number of aryl methyl sites for hydroxylation is 1. The van der Waals surface area contributed by atoms with Gasteiger partial charge in [0.25, 0.3) is 0 Å². The first-order chi connectivity index (χ1) is 6.68. The van der Waals surface area contributed by atoms with Crippen molar-refractivity contribution < 1.29 is 0 Å². The summed E-state index contributed by atoms with van der Waals surface area (Å²) in [5.74, 6) is 0. The third-order valence-corrected chi connectivity index (χ3v) is 3.47. The Balaban J connectivity index is 2.32. The standard InChI is InChI=1S/C12H16ClN/c1-9-8-10(13)2-3-11(9)12(4-5-12)6-7-14/h2-3,8H,4-7,14H2,1H3. The molecule has 2 rings (SSSR count). The summed E-state index contributed by atoms with van der Waals surface area (Å²) in [7, 11) is 0. The molecule has 1 fully saturated rings. The van der Waals surface area contributed by atoms with Crippen LogP contribution in [-0.2, 0) is 5.41 Å². The van der Waals surface area contributed by atoms with Crippen molar-refractivity contribution in [3.8, 4) is 0 Å². The topological polar surface area (TPSA) is 26.0 Å². The van der Waals surface area contributed by atoms with Crippen LogP contribution in [-0.4, -0.2) is 6.54 Å². The van der Waals surface area contributed by atoms with Gasteiger partial charge in [0, 0.05) is 5.02 Å². The van der Waals surface area contributed by atoms with Gasteiger partial charge >= 0.3 is 0 Å². The Morgan fingerprint density at radius 2 is 2.14 bits per heavy atom. The largest absolute Gasteiger partial charge is 0.330 e. The summed E-state index contributed by atoms with van der Waals surface area (Å²) in [6, 6.07) is 6.20. The molecule has 2 heteroatoms. The van der Waals surface area contributed by atoms with E-state index in [1.807, 2.05) is 12.1 Å². The molecule has 1 nitrogen and oxygen atoms in total. The van der Waals surface area contributed by atoms with E-state index in [4.69, 9.17) is 17.3 Å². The van der Waals surface area contributed by atoms with Crippen molar-refractivity contribution in [1.29, 1.82) is 0 Å². The molecule has 76 valence electrons. The van der Waals surface area contributed by atoms with Gasteiger partial charge in [-0.05, 0) is 61.4 Å². The normalized spacial score (nSPS) is 18.2. The smallest absolute Gasteiger partial charge is 0.0408 e. The molecule has 1 saturated carbocycles. The average molecular weight is 210 g/mol. The van der Waals surface area contributed by atoms with Crippen molar-refractivity contribution in [2.45, 2.75) is 31.6 Å². The highest BCUT2D eigenvalue weighted by molar-refractivity contribution is 6.30. The Labute approximate surface area is 90.3 Å². The lowest BCUT2D eigenvalue weighted by molar-refractivity contribution is 0.625. The van der Waals surface area contributed by atoms with Crippen molar-refractivity contribution in [3.63, 3.8) is 0 Å². The van der Waals surface area contributed by atoms with Gasteiger partial charge in [-0.3, -0.25) is 0 Å². The minimum absolute atomic E-state index is 0.392. The maximum absolute atomic E-state index is 5.94. The van der Waals surface area contributed by atoms with E-state index in [0.717, 1.165) is 18.0 Å². The van der Waals surface area contributed by atoms with E-state index in [-0.39, 0.29) is 0 Å². The van der Waals surface area contributed by atoms with E-state index in [2.05, 4.69) is 13.0 Å². The summed E-state index contributed by atoms with van der Waals surface area (Å²) >= 11 is 5.94. The van der Waals surface area contributed by atoms with E-state index >= 15 is 0 Å². The van der Waals surface area contributed by atoms with Gasteiger partial charge in [0.1, 0.15) is 0 Å². The molecular weight excluding hydrogens is 194 g/mol. The first-order valence-corrected chi connectivity index (χ1v) is 5.52. The molecular formula is C12H16ClN. The quantitative estimate of drug-likeness (QED) is 0.814. The molecule has 0 saturated heterocycles. The van der Waals surface area contributed by atoms with Gasteiger partial charge in [0.05, 0.1) is 0 Å². The third kappa shape index (κ3) is 1.67. The summed E-state index contributed by atoms with van der Waals surface area (Å²) < 4.78 is 0. The molecule has 0 heterocycles. The Hall–Kier alpha value is -0.530. The zero-order chi connectivity index (χ0) is 10.2. The van der Waals surface area contributed by atoms with Crippen molar-refractivity contribution in [1.82, 2.24) is 0 Å². The van der Waals surface area contributed by atoms with Crippen LogP contribution in [0.3, 0.4) is 0 Å². The molecule has 1 aliphatic carbocycles. The highest BCUT2D eigenvalue weighted by Gasteiger charge is 2.43. The first-order valence-electron chi connectivity index (χ1n) is 5.15. The van der Waals surface area contributed by atoms with Crippen molar-refractivity contribution in [2.24, 2.45) is 5.73 Å². The third-order valence-electron chi connectivity index (χ3n) is 3.24. The van der Waals surface area contributed by atoms with Crippen LogP contribution >= 0.6 is 11.6 Å². The van der Waals surface area contributed by atoms with Crippen molar-refractivity contribution in [2.75, 3.05) is 6.54 Å². The Morgan fingerprint density at radius 1 is 1.43 bits per heavy atom. The Kier molecular flexibility index (Phi) is 2.54. The van der Waals surface area contributed by atoms with Crippen LogP contribution in [0.2, 0.25) is 5.02 Å². The van der Waals surface area contributed by atoms with E-state index < -0.39 is 0 Å². The van der Waals surface area contributed by atoms with Gasteiger partial charge < -0.3 is 5.73 Å². The number of rotatable bonds is 3. The molecule has 0 aromatic heterocycles. The fourth-order valence-electron chi connectivity index (χ4n) is 2.30. The summed E-state index contributed by atoms with van der Waals surface area (Å²) in [6.45, 7) is 2.92. The molecule has 1 aromatic rings. The number of benzene rings is 1. The SMILES string of the molecule is Cc1cc(Cl)ccc1C1(CCN)CC1. The molecule has 1 aliphatic rings. The molecule has 0 bridgehead atoms. The predicted octanol–water partition coefficient (Wildman–Crippen LogP) is 3.03. The lowest BCUT2D eigenvalue weighted by atomic mass is 9.89. The lowest BCUT2D eigenvalue weighted by Gasteiger charge is -2.17. The molecule has 0 amide bonds. The molecule has 0 radical (unpaired) electrons. The molecule has 2 N–H and O–H groups in total. The lowest BCUT2D eigenvalue weighted by Crippen LogP contribution is -2.14. The monoisotopic (exact) mass is 209 g/mol. The van der Waals surface area contributed by atoms with Crippen LogP contribution in [0, 0.1) is 6.92 Å². The van der Waals surface area contributed by atoms with Gasteiger partial charge in [0.15, 0.2) is 0 Å². The average Bonchev–Trinajstić information content (AvgIpc) is 2.86. The zero-order valence-electron chi connectivity index (χ0n) is 8.52. The minimum Gasteiger partial charge on any atom is -0.330 e. The Bertz CT molecular complexity index is 342. The second-order valence-corrected chi connectivity index (χ2v) is 4.71. The van der Waals surface area contributed by atoms with Crippen molar-refractivity contribution >= 4 is 11.6 Å². The maximum atomic E-state index is 5.94. The van der Waals surface area contributed by atoms with Crippen LogP contribution in [0.15, 0.2) is 18.2 Å². The first kappa shape index (κ1) is 10.0. The van der Waals surface area contributed by atoms with Gasteiger partial charge in [-0.2, -0.15) is 0 Å². The van der Waals surface area contributed by atoms with E-state index in [1.165, 1.54) is 24.0 Å². The fourth-order valence-corrected chi connectivity index (χ4v) is 2.53. The minimum atomic E-state index is 0.392. The molecule has 0 aliphatic heterocycles. The Morgan fingerprint density at radius 3 is 2.64 bits per heavy atom. The van der Waals surface area contributed by atoms with Crippen LogP contribution in [0.25, 0.3) is 0 Å². The summed E-state index contributed by atoms with van der Waals surface area (Å²) in [6.07, 6.45) is 3.68. The second-order valence-electron chi connectivity index (χ2n) is 4.28. The number of hydrogen-bond donors (Lipinski definition) is 1. The van der Waals surface area contributed by atoms with Gasteiger partial charge in [-0.25, -0.2) is 0 Å². The summed E-state index contributed by atoms with van der Waals surface area (Å²) in [5.41, 5.74) is 8.80. The van der Waals surface area contributed by atoms with Gasteiger partial charge in [-0.1, -0.05) is 17.7 Å². The molecule has 14 heavy (non-hydrogen) atoms. The summed E-state index contributed by atoms with van der Waals surface area (Å²) in [5, 5.41) is 0.829. The highest BCUT2D eigenvalue weighted by atomic mass is 35.5. The van der Waals surface area contributed by atoms with E-state index in [1.54, 1.807) is 0 Å². The predicted molar refractivity (Wildman–Crippen MR) is 60.8 cm³/mol. The summed E-state index contributed by atoms with van der Waals surface area (Å²) in [4.78, 5) is 0. The van der Waals surface area contributed by atoms with Crippen LogP contribution in [0.4, 0.5) is 0 Å². The van der Waals surface area contributed by atoms with Gasteiger partial charge in [-0.15, -0.1) is 0 Å². The van der Waals surface area contributed by atoms with Gasteiger partial charge in [0.2, 0.25) is 0 Å². The molecule has 1 aromatic carbocycles. The van der Waals surface area contributed by atoms with E-state index in [9.17, 15) is 0 Å². The highest BCUT2D eigenvalue weighted by Crippen LogP contribution is 2.51. The van der Waals surface area contributed by atoms with E-state index in [0.29, 0.717) is 5.41 Å². The number of hydrogen-bond acceptors (Lipinski definition) is 1. The zero-order valence-corrected chi connectivity index (χ0v) is 9.27. The maximum Gasteiger partial charge on any atom is 0.0408 e. The molecule has 0 atom stereocenters. The van der Waals surface area contributed by atoms with Crippen LogP contribution < -0.4 is 5.73 Å². The fraction of sp³-hybridized carbons (Fsp3) is 0.500. The number of nitrogens with two attached hydrogens (primary N) is 1. The van der Waals surface area contributed by atoms with Crippen LogP contribution in [0.5, 0.6) is 0 Å². The van der Waals surface area contributed by atoms with Crippen LogP contribution in [0.1, 0.15) is 30.4 Å². The molecule has 0 spiro atoms. The van der Waals surface area contributed by atoms with Crippen molar-refractivity contribution in [3.05, 3.63) is 34.3 Å².